The predicted molar refractivity (Wildman–Crippen MR) is 50.2 cm³/mol. The van der Waals surface area contributed by atoms with Gasteiger partial charge in [0.2, 0.25) is 0 Å². The van der Waals surface area contributed by atoms with Gasteiger partial charge in [0.25, 0.3) is 0 Å². The summed E-state index contributed by atoms with van der Waals surface area (Å²) in [6.07, 6.45) is 2.02. The zero-order chi connectivity index (χ0) is 9.68. The van der Waals surface area contributed by atoms with Gasteiger partial charge in [-0.25, -0.2) is 0 Å². The van der Waals surface area contributed by atoms with Crippen molar-refractivity contribution in [3.05, 3.63) is 5.82 Å². The quantitative estimate of drug-likeness (QED) is 0.698. The van der Waals surface area contributed by atoms with Crippen LogP contribution in [0.3, 0.4) is 0 Å². The lowest BCUT2D eigenvalue weighted by Crippen LogP contribution is -2.16. The Bertz CT molecular complexity index is 244. The summed E-state index contributed by atoms with van der Waals surface area (Å²) in [6.45, 7) is 3.26. The first-order valence-electron chi connectivity index (χ1n) is 4.60. The van der Waals surface area contributed by atoms with Crippen LogP contribution in [0.15, 0.2) is 0 Å². The van der Waals surface area contributed by atoms with E-state index in [1.54, 1.807) is 7.05 Å². The molecular weight excluding hydrogens is 166 g/mol. The Labute approximate surface area is 78.5 Å². The molecule has 1 rings (SSSR count). The van der Waals surface area contributed by atoms with E-state index in [-0.39, 0.29) is 0 Å². The molecule has 0 aliphatic heterocycles. The number of aromatic nitrogens is 4. The van der Waals surface area contributed by atoms with Crippen LogP contribution in [0.2, 0.25) is 0 Å². The molecule has 0 saturated carbocycles. The molecule has 0 amide bonds. The summed E-state index contributed by atoms with van der Waals surface area (Å²) in [4.78, 5) is 1.50. The third-order valence-electron chi connectivity index (χ3n) is 1.96. The van der Waals surface area contributed by atoms with Crippen molar-refractivity contribution in [1.29, 1.82) is 0 Å². The van der Waals surface area contributed by atoms with Crippen molar-refractivity contribution in [2.45, 2.75) is 19.8 Å². The fraction of sp³-hybridized carbons (Fsp3) is 0.875. The van der Waals surface area contributed by atoms with Gasteiger partial charge in [0.15, 0.2) is 5.82 Å². The lowest BCUT2D eigenvalue weighted by molar-refractivity contribution is 0.498. The topological polar surface area (TPSA) is 55.6 Å². The van der Waals surface area contributed by atoms with Gasteiger partial charge in [0.1, 0.15) is 0 Å². The molecule has 0 radical (unpaired) electrons. The van der Waals surface area contributed by atoms with Gasteiger partial charge in [-0.1, -0.05) is 6.92 Å². The Morgan fingerprint density at radius 3 is 2.85 bits per heavy atom. The minimum Gasteiger partial charge on any atom is -0.319 e. The molecule has 0 bridgehead atoms. The zero-order valence-electron chi connectivity index (χ0n) is 8.49. The second-order valence-corrected chi connectivity index (χ2v) is 3.40. The highest BCUT2D eigenvalue weighted by Crippen LogP contribution is 2.03. The Hall–Kier alpha value is -0.970. The number of nitrogens with one attached hydrogen (secondary N) is 1. The molecule has 0 saturated heterocycles. The van der Waals surface area contributed by atoms with Crippen molar-refractivity contribution in [3.63, 3.8) is 0 Å². The summed E-state index contributed by atoms with van der Waals surface area (Å²) in [5, 5.41) is 15.0. The van der Waals surface area contributed by atoms with Gasteiger partial charge in [0.05, 0.1) is 7.05 Å². The number of hydrogen-bond acceptors (Lipinski definition) is 4. The van der Waals surface area contributed by atoms with Gasteiger partial charge in [-0.2, -0.15) is 4.80 Å². The monoisotopic (exact) mass is 183 g/mol. The van der Waals surface area contributed by atoms with E-state index in [1.807, 2.05) is 7.05 Å². The SMILES string of the molecule is CNCC(C)CCc1nnn(C)n1. The highest BCUT2D eigenvalue weighted by molar-refractivity contribution is 4.77. The van der Waals surface area contributed by atoms with E-state index >= 15 is 0 Å². The first kappa shape index (κ1) is 10.1. The summed E-state index contributed by atoms with van der Waals surface area (Å²) < 4.78 is 0. The van der Waals surface area contributed by atoms with E-state index < -0.39 is 0 Å². The maximum absolute atomic E-state index is 4.12. The summed E-state index contributed by atoms with van der Waals surface area (Å²) in [7, 11) is 3.75. The van der Waals surface area contributed by atoms with Crippen LogP contribution < -0.4 is 5.32 Å². The number of aryl methyl sites for hydroxylation is 2. The summed E-state index contributed by atoms with van der Waals surface area (Å²) in [5.74, 6) is 1.50. The zero-order valence-corrected chi connectivity index (χ0v) is 8.49. The Morgan fingerprint density at radius 2 is 2.31 bits per heavy atom. The molecule has 5 heteroatoms. The normalized spacial score (nSPS) is 13.2. The Morgan fingerprint density at radius 1 is 1.54 bits per heavy atom. The highest BCUT2D eigenvalue weighted by Gasteiger charge is 2.04. The van der Waals surface area contributed by atoms with Crippen LogP contribution in [0.25, 0.3) is 0 Å². The largest absolute Gasteiger partial charge is 0.319 e. The van der Waals surface area contributed by atoms with E-state index in [0.29, 0.717) is 5.92 Å². The van der Waals surface area contributed by atoms with E-state index in [2.05, 4.69) is 27.7 Å². The molecule has 0 aliphatic rings. The Balaban J connectivity index is 2.26. The van der Waals surface area contributed by atoms with Crippen LogP contribution in [-0.4, -0.2) is 33.8 Å². The van der Waals surface area contributed by atoms with Crippen LogP contribution in [-0.2, 0) is 13.5 Å². The van der Waals surface area contributed by atoms with Gasteiger partial charge < -0.3 is 5.32 Å². The molecule has 1 unspecified atom stereocenters. The summed E-state index contributed by atoms with van der Waals surface area (Å²) in [5.41, 5.74) is 0. The molecule has 0 aromatic carbocycles. The van der Waals surface area contributed by atoms with E-state index in [0.717, 1.165) is 25.2 Å². The third kappa shape index (κ3) is 3.50. The second-order valence-electron chi connectivity index (χ2n) is 3.40. The van der Waals surface area contributed by atoms with Crippen molar-refractivity contribution < 1.29 is 0 Å². The molecule has 5 nitrogen and oxygen atoms in total. The maximum Gasteiger partial charge on any atom is 0.174 e. The summed E-state index contributed by atoms with van der Waals surface area (Å²) >= 11 is 0. The lowest BCUT2D eigenvalue weighted by atomic mass is 10.1. The molecule has 0 fully saturated rings. The molecule has 13 heavy (non-hydrogen) atoms. The first-order valence-corrected chi connectivity index (χ1v) is 4.60. The standard InChI is InChI=1S/C8H17N5/c1-7(6-9-2)4-5-8-10-12-13(3)11-8/h7,9H,4-6H2,1-3H3. The molecule has 1 N–H and O–H groups in total. The van der Waals surface area contributed by atoms with Gasteiger partial charge in [-0.15, -0.1) is 10.2 Å². The molecule has 0 spiro atoms. The number of tetrazole rings is 1. The van der Waals surface area contributed by atoms with E-state index in [4.69, 9.17) is 0 Å². The van der Waals surface area contributed by atoms with Crippen molar-refractivity contribution in [2.24, 2.45) is 13.0 Å². The number of nitrogens with zero attached hydrogens (tertiary/aromatic N) is 4. The summed E-state index contributed by atoms with van der Waals surface area (Å²) in [6, 6.07) is 0. The van der Waals surface area contributed by atoms with E-state index in [1.165, 1.54) is 4.80 Å². The lowest BCUT2D eigenvalue weighted by Gasteiger charge is -2.07. The molecular formula is C8H17N5. The van der Waals surface area contributed by atoms with Crippen LogP contribution >= 0.6 is 0 Å². The average Bonchev–Trinajstić information content (AvgIpc) is 2.49. The van der Waals surface area contributed by atoms with Crippen LogP contribution in [0.1, 0.15) is 19.2 Å². The minimum atomic E-state index is 0.661. The van der Waals surface area contributed by atoms with Gasteiger partial charge >= 0.3 is 0 Å². The van der Waals surface area contributed by atoms with Crippen molar-refractivity contribution in [1.82, 2.24) is 25.5 Å². The number of rotatable bonds is 5. The molecule has 1 heterocycles. The maximum atomic E-state index is 4.12. The molecule has 1 aromatic heterocycles. The Kier molecular flexibility index (Phi) is 3.82. The second kappa shape index (κ2) is 4.91. The first-order chi connectivity index (χ1) is 6.22. The third-order valence-corrected chi connectivity index (χ3v) is 1.96. The van der Waals surface area contributed by atoms with Gasteiger partial charge in [-0.3, -0.25) is 0 Å². The number of hydrogen-bond donors (Lipinski definition) is 1. The van der Waals surface area contributed by atoms with Crippen molar-refractivity contribution in [3.8, 4) is 0 Å². The predicted octanol–water partition coefficient (Wildman–Crippen LogP) is -0.00180. The molecule has 1 aromatic rings. The van der Waals surface area contributed by atoms with Crippen molar-refractivity contribution in [2.75, 3.05) is 13.6 Å². The average molecular weight is 183 g/mol. The molecule has 1 atom stereocenters. The fourth-order valence-corrected chi connectivity index (χ4v) is 1.25. The van der Waals surface area contributed by atoms with Crippen LogP contribution in [0.4, 0.5) is 0 Å². The molecule has 0 aliphatic carbocycles. The highest BCUT2D eigenvalue weighted by atomic mass is 15.6. The van der Waals surface area contributed by atoms with Crippen LogP contribution in [0.5, 0.6) is 0 Å². The van der Waals surface area contributed by atoms with Gasteiger partial charge in [0, 0.05) is 6.42 Å². The van der Waals surface area contributed by atoms with Crippen LogP contribution in [0, 0.1) is 5.92 Å². The van der Waals surface area contributed by atoms with Crippen molar-refractivity contribution >= 4 is 0 Å². The fourth-order valence-electron chi connectivity index (χ4n) is 1.25. The molecule has 74 valence electrons. The minimum absolute atomic E-state index is 0.661. The van der Waals surface area contributed by atoms with E-state index in [9.17, 15) is 0 Å². The van der Waals surface area contributed by atoms with Gasteiger partial charge in [-0.05, 0) is 31.1 Å². The smallest absolute Gasteiger partial charge is 0.174 e.